The van der Waals surface area contributed by atoms with Gasteiger partial charge in [0.2, 0.25) is 0 Å². The van der Waals surface area contributed by atoms with E-state index < -0.39 is 6.10 Å². The molecule has 0 aliphatic carbocycles. The van der Waals surface area contributed by atoms with Crippen molar-refractivity contribution >= 4 is 11.8 Å². The Balaban J connectivity index is 1.45. The Morgan fingerprint density at radius 2 is 1.77 bits per heavy atom. The number of aromatic nitrogens is 2. The molecule has 0 radical (unpaired) electrons. The number of carbonyl (C=O) groups excluding carboxylic acids is 2. The first-order chi connectivity index (χ1) is 15.0. The minimum atomic E-state index is -0.615. The summed E-state index contributed by atoms with van der Waals surface area (Å²) in [6, 6.07) is 19.0. The average molecular weight is 418 g/mol. The summed E-state index contributed by atoms with van der Waals surface area (Å²) in [6.45, 7) is 3.09. The van der Waals surface area contributed by atoms with Crippen molar-refractivity contribution < 1.29 is 14.3 Å². The SMILES string of the molecule is C[C@@H](Oc1ccccc1)C(=O)N1CCc2c(c(C(=O)NCc3ccccc3)nn2C)C1. The number of carbonyl (C=O) groups is 2. The highest BCUT2D eigenvalue weighted by molar-refractivity contribution is 5.94. The van der Waals surface area contributed by atoms with E-state index in [1.54, 1.807) is 16.5 Å². The van der Waals surface area contributed by atoms with Crippen molar-refractivity contribution in [1.29, 1.82) is 0 Å². The van der Waals surface area contributed by atoms with Crippen LogP contribution in [-0.4, -0.2) is 39.1 Å². The van der Waals surface area contributed by atoms with E-state index in [1.165, 1.54) is 0 Å². The summed E-state index contributed by atoms with van der Waals surface area (Å²) in [7, 11) is 1.84. The lowest BCUT2D eigenvalue weighted by Gasteiger charge is -2.30. The highest BCUT2D eigenvalue weighted by Crippen LogP contribution is 2.23. The third-order valence-electron chi connectivity index (χ3n) is 5.47. The zero-order valence-electron chi connectivity index (χ0n) is 17.7. The summed E-state index contributed by atoms with van der Waals surface area (Å²) in [5, 5.41) is 7.38. The van der Waals surface area contributed by atoms with Crippen LogP contribution in [0.5, 0.6) is 5.75 Å². The highest BCUT2D eigenvalue weighted by atomic mass is 16.5. The summed E-state index contributed by atoms with van der Waals surface area (Å²) in [5.41, 5.74) is 3.19. The van der Waals surface area contributed by atoms with E-state index in [4.69, 9.17) is 4.74 Å². The van der Waals surface area contributed by atoms with Crippen molar-refractivity contribution in [2.45, 2.75) is 32.5 Å². The predicted molar refractivity (Wildman–Crippen MR) is 116 cm³/mol. The number of fused-ring (bicyclic) bond motifs is 1. The fourth-order valence-corrected chi connectivity index (χ4v) is 3.84. The Morgan fingerprint density at radius 1 is 1.10 bits per heavy atom. The minimum absolute atomic E-state index is 0.103. The number of aryl methyl sites for hydroxylation is 1. The van der Waals surface area contributed by atoms with Crippen LogP contribution in [0.25, 0.3) is 0 Å². The first-order valence-corrected chi connectivity index (χ1v) is 10.4. The number of ether oxygens (including phenoxy) is 1. The van der Waals surface area contributed by atoms with Crippen LogP contribution >= 0.6 is 0 Å². The maximum absolute atomic E-state index is 13.0. The number of nitrogens with zero attached hydrogens (tertiary/aromatic N) is 3. The van der Waals surface area contributed by atoms with Crippen LogP contribution in [0.4, 0.5) is 0 Å². The molecule has 1 aliphatic rings. The predicted octanol–water partition coefficient (Wildman–Crippen LogP) is 2.70. The number of hydrogen-bond acceptors (Lipinski definition) is 4. The van der Waals surface area contributed by atoms with Crippen molar-refractivity contribution in [3.63, 3.8) is 0 Å². The molecule has 1 aromatic heterocycles. The Bertz CT molecular complexity index is 1060. The average Bonchev–Trinajstić information content (AvgIpc) is 3.14. The van der Waals surface area contributed by atoms with Crippen molar-refractivity contribution in [2.75, 3.05) is 6.54 Å². The lowest BCUT2D eigenvalue weighted by atomic mass is 10.0. The van der Waals surface area contributed by atoms with Gasteiger partial charge < -0.3 is 15.0 Å². The molecule has 0 unspecified atom stereocenters. The molecule has 1 aliphatic heterocycles. The quantitative estimate of drug-likeness (QED) is 0.668. The molecule has 0 saturated carbocycles. The van der Waals surface area contributed by atoms with E-state index in [-0.39, 0.29) is 11.8 Å². The molecule has 2 amide bonds. The van der Waals surface area contributed by atoms with Gasteiger partial charge in [-0.15, -0.1) is 0 Å². The lowest BCUT2D eigenvalue weighted by molar-refractivity contribution is -0.138. The van der Waals surface area contributed by atoms with Crippen LogP contribution in [0.2, 0.25) is 0 Å². The molecule has 0 spiro atoms. The first kappa shape index (κ1) is 20.7. The monoisotopic (exact) mass is 418 g/mol. The highest BCUT2D eigenvalue weighted by Gasteiger charge is 2.31. The van der Waals surface area contributed by atoms with Crippen LogP contribution in [0.1, 0.15) is 34.2 Å². The summed E-state index contributed by atoms with van der Waals surface area (Å²) >= 11 is 0. The summed E-state index contributed by atoms with van der Waals surface area (Å²) in [5.74, 6) is 0.320. The molecule has 7 nitrogen and oxygen atoms in total. The van der Waals surface area contributed by atoms with Crippen LogP contribution in [0, 0.1) is 0 Å². The Labute approximate surface area is 181 Å². The fourth-order valence-electron chi connectivity index (χ4n) is 3.84. The number of para-hydroxylation sites is 1. The van der Waals surface area contributed by atoms with E-state index in [1.807, 2.05) is 67.7 Å². The lowest BCUT2D eigenvalue weighted by Crippen LogP contribution is -2.43. The van der Waals surface area contributed by atoms with Gasteiger partial charge in [0, 0.05) is 44.4 Å². The van der Waals surface area contributed by atoms with Crippen molar-refractivity contribution in [3.8, 4) is 5.75 Å². The molecule has 2 aromatic carbocycles. The van der Waals surface area contributed by atoms with Crippen molar-refractivity contribution in [3.05, 3.63) is 83.2 Å². The second kappa shape index (κ2) is 9.04. The van der Waals surface area contributed by atoms with Gasteiger partial charge in [-0.2, -0.15) is 5.10 Å². The Hall–Kier alpha value is -3.61. The van der Waals surface area contributed by atoms with Crippen molar-refractivity contribution in [1.82, 2.24) is 20.0 Å². The van der Waals surface area contributed by atoms with Crippen LogP contribution in [0.15, 0.2) is 60.7 Å². The third-order valence-corrected chi connectivity index (χ3v) is 5.47. The molecule has 3 aromatic rings. The van der Waals surface area contributed by atoms with Gasteiger partial charge in [-0.1, -0.05) is 48.5 Å². The van der Waals surface area contributed by atoms with Gasteiger partial charge in [-0.3, -0.25) is 14.3 Å². The zero-order valence-corrected chi connectivity index (χ0v) is 17.7. The largest absolute Gasteiger partial charge is 0.481 e. The summed E-state index contributed by atoms with van der Waals surface area (Å²) < 4.78 is 7.54. The number of benzene rings is 2. The topological polar surface area (TPSA) is 76.5 Å². The van der Waals surface area contributed by atoms with Gasteiger partial charge in [0.25, 0.3) is 11.8 Å². The molecule has 0 fully saturated rings. The Kier molecular flexibility index (Phi) is 6.02. The fraction of sp³-hybridized carbons (Fsp3) is 0.292. The number of amides is 2. The van der Waals surface area contributed by atoms with Gasteiger partial charge in [0.05, 0.1) is 0 Å². The minimum Gasteiger partial charge on any atom is -0.481 e. The number of hydrogen-bond donors (Lipinski definition) is 1. The second-order valence-electron chi connectivity index (χ2n) is 7.65. The molecule has 7 heteroatoms. The maximum Gasteiger partial charge on any atom is 0.272 e. The standard InChI is InChI=1S/C24H26N4O3/c1-17(31-19-11-7-4-8-12-19)24(30)28-14-13-21-20(16-28)22(26-27(21)2)23(29)25-15-18-9-5-3-6-10-18/h3-12,17H,13-16H2,1-2H3,(H,25,29)/t17-/m1/s1. The maximum atomic E-state index is 13.0. The summed E-state index contributed by atoms with van der Waals surface area (Å²) in [6.07, 6.45) is 0.0326. The molecule has 1 atom stereocenters. The molecular formula is C24H26N4O3. The van der Waals surface area contributed by atoms with Gasteiger partial charge in [0.1, 0.15) is 5.75 Å². The number of rotatable bonds is 6. The molecule has 1 N–H and O–H groups in total. The van der Waals surface area contributed by atoms with Gasteiger partial charge in [-0.25, -0.2) is 0 Å². The zero-order chi connectivity index (χ0) is 21.8. The molecule has 4 rings (SSSR count). The van der Waals surface area contributed by atoms with Crippen LogP contribution < -0.4 is 10.1 Å². The molecular weight excluding hydrogens is 392 g/mol. The van der Waals surface area contributed by atoms with Gasteiger partial charge in [0.15, 0.2) is 11.8 Å². The second-order valence-corrected chi connectivity index (χ2v) is 7.65. The first-order valence-electron chi connectivity index (χ1n) is 10.4. The van der Waals surface area contributed by atoms with E-state index in [0.717, 1.165) is 16.8 Å². The van der Waals surface area contributed by atoms with Crippen LogP contribution in [-0.2, 0) is 31.4 Å². The normalized spacial score (nSPS) is 13.9. The van der Waals surface area contributed by atoms with E-state index in [2.05, 4.69) is 10.4 Å². The molecule has 31 heavy (non-hydrogen) atoms. The Morgan fingerprint density at radius 3 is 2.48 bits per heavy atom. The molecule has 2 heterocycles. The molecule has 160 valence electrons. The summed E-state index contributed by atoms with van der Waals surface area (Å²) in [4.78, 5) is 27.6. The van der Waals surface area contributed by atoms with E-state index in [0.29, 0.717) is 37.5 Å². The molecule has 0 bridgehead atoms. The van der Waals surface area contributed by atoms with Gasteiger partial charge in [-0.05, 0) is 24.6 Å². The van der Waals surface area contributed by atoms with Crippen LogP contribution in [0.3, 0.4) is 0 Å². The van der Waals surface area contributed by atoms with E-state index >= 15 is 0 Å². The van der Waals surface area contributed by atoms with Crippen molar-refractivity contribution in [2.24, 2.45) is 7.05 Å². The van der Waals surface area contributed by atoms with E-state index in [9.17, 15) is 9.59 Å². The number of nitrogens with one attached hydrogen (secondary N) is 1. The van der Waals surface area contributed by atoms with Gasteiger partial charge >= 0.3 is 0 Å². The molecule has 0 saturated heterocycles. The third kappa shape index (κ3) is 4.60. The smallest absolute Gasteiger partial charge is 0.272 e.